The van der Waals surface area contributed by atoms with E-state index in [1.807, 2.05) is 6.92 Å². The average molecular weight is 266 g/mol. The van der Waals surface area contributed by atoms with Gasteiger partial charge < -0.3 is 20.8 Å². The van der Waals surface area contributed by atoms with E-state index in [0.29, 0.717) is 43.6 Å². The maximum atomic E-state index is 11.1. The summed E-state index contributed by atoms with van der Waals surface area (Å²) in [6.07, 6.45) is 0.441. The van der Waals surface area contributed by atoms with Gasteiger partial charge >= 0.3 is 0 Å². The Morgan fingerprint density at radius 3 is 2.95 bits per heavy atom. The number of anilines is 2. The molecule has 0 saturated carbocycles. The molecule has 0 aliphatic carbocycles. The zero-order chi connectivity index (χ0) is 13.7. The summed E-state index contributed by atoms with van der Waals surface area (Å²) in [6.45, 7) is 3.41. The zero-order valence-corrected chi connectivity index (χ0v) is 10.8. The van der Waals surface area contributed by atoms with E-state index in [2.05, 4.69) is 26.0 Å². The molecule has 0 bridgehead atoms. The highest BCUT2D eigenvalue weighted by molar-refractivity contribution is 5.79. The highest BCUT2D eigenvalue weighted by atomic mass is 16.5. The second-order valence-electron chi connectivity index (χ2n) is 4.19. The number of amides is 1. The number of nitrogens with two attached hydrogens (primary N) is 1. The van der Waals surface area contributed by atoms with Gasteiger partial charge in [-0.25, -0.2) is 15.8 Å². The van der Waals surface area contributed by atoms with Crippen LogP contribution in [0, 0.1) is 0 Å². The molecular weight excluding hydrogens is 248 g/mol. The van der Waals surface area contributed by atoms with Gasteiger partial charge in [-0.2, -0.15) is 0 Å². The van der Waals surface area contributed by atoms with Crippen molar-refractivity contribution in [2.75, 3.05) is 23.9 Å². The molecule has 8 nitrogen and oxygen atoms in total. The van der Waals surface area contributed by atoms with Crippen LogP contribution in [0.15, 0.2) is 6.07 Å². The molecule has 1 unspecified atom stereocenters. The first-order valence-corrected chi connectivity index (χ1v) is 6.16. The monoisotopic (exact) mass is 266 g/mol. The summed E-state index contributed by atoms with van der Waals surface area (Å²) < 4.78 is 5.27. The lowest BCUT2D eigenvalue weighted by Crippen LogP contribution is -2.23. The normalized spacial score (nSPS) is 18.2. The number of nitrogen functional groups attached to an aromatic ring is 1. The van der Waals surface area contributed by atoms with Crippen LogP contribution in [-0.4, -0.2) is 35.1 Å². The Morgan fingerprint density at radius 2 is 2.32 bits per heavy atom. The Labute approximate surface area is 111 Å². The Hall–Kier alpha value is -1.93. The van der Waals surface area contributed by atoms with Gasteiger partial charge in [0.1, 0.15) is 18.2 Å². The van der Waals surface area contributed by atoms with Crippen molar-refractivity contribution < 1.29 is 9.53 Å². The van der Waals surface area contributed by atoms with E-state index in [9.17, 15) is 4.79 Å². The van der Waals surface area contributed by atoms with Crippen LogP contribution < -0.4 is 21.9 Å². The standard InChI is InChI=1S/C11H18N6O2/c1-2-19-6-10-15-8(4-9(16-10)17-12)14-7-3-11(18)13-5-7/h4,7H,2-3,5-6,12H2,1H3,(H,13,18)(H2,14,15,16,17). The van der Waals surface area contributed by atoms with E-state index in [1.165, 1.54) is 0 Å². The number of ether oxygens (including phenoxy) is 1. The quantitative estimate of drug-likeness (QED) is 0.409. The number of aromatic nitrogens is 2. The second-order valence-corrected chi connectivity index (χ2v) is 4.19. The van der Waals surface area contributed by atoms with Crippen molar-refractivity contribution in [1.29, 1.82) is 0 Å². The lowest BCUT2D eigenvalue weighted by molar-refractivity contribution is -0.119. The number of hydrogen-bond acceptors (Lipinski definition) is 7. The summed E-state index contributed by atoms with van der Waals surface area (Å²) in [4.78, 5) is 19.6. The molecular formula is C11H18N6O2. The van der Waals surface area contributed by atoms with Gasteiger partial charge in [-0.1, -0.05) is 0 Å². The maximum Gasteiger partial charge on any atom is 0.222 e. The smallest absolute Gasteiger partial charge is 0.222 e. The van der Waals surface area contributed by atoms with Gasteiger partial charge in [-0.05, 0) is 6.92 Å². The van der Waals surface area contributed by atoms with Crippen molar-refractivity contribution in [3.05, 3.63) is 11.9 Å². The molecule has 1 amide bonds. The topological polar surface area (TPSA) is 114 Å². The summed E-state index contributed by atoms with van der Waals surface area (Å²) in [7, 11) is 0. The SMILES string of the molecule is CCOCc1nc(NN)cc(NC2CNC(=O)C2)n1. The first kappa shape index (κ1) is 13.5. The number of rotatable bonds is 6. The molecule has 0 radical (unpaired) electrons. The van der Waals surface area contributed by atoms with Crippen LogP contribution in [0.3, 0.4) is 0 Å². The Balaban J connectivity index is 2.07. The molecule has 2 heterocycles. The van der Waals surface area contributed by atoms with Crippen molar-refractivity contribution >= 4 is 17.5 Å². The minimum atomic E-state index is 0.0352. The number of nitrogens with zero attached hydrogens (tertiary/aromatic N) is 2. The van der Waals surface area contributed by atoms with Crippen LogP contribution in [0.1, 0.15) is 19.2 Å². The van der Waals surface area contributed by atoms with Gasteiger partial charge in [0.2, 0.25) is 5.91 Å². The third kappa shape index (κ3) is 3.76. The van der Waals surface area contributed by atoms with Crippen LogP contribution in [0.2, 0.25) is 0 Å². The highest BCUT2D eigenvalue weighted by Gasteiger charge is 2.21. The first-order valence-electron chi connectivity index (χ1n) is 6.16. The largest absolute Gasteiger partial charge is 0.374 e. The molecule has 19 heavy (non-hydrogen) atoms. The van der Waals surface area contributed by atoms with Crippen LogP contribution >= 0.6 is 0 Å². The summed E-state index contributed by atoms with van der Waals surface area (Å²) in [5.41, 5.74) is 2.49. The van der Waals surface area contributed by atoms with Gasteiger partial charge in [0.05, 0.1) is 6.04 Å². The highest BCUT2D eigenvalue weighted by Crippen LogP contribution is 2.14. The molecule has 1 aromatic rings. The van der Waals surface area contributed by atoms with Gasteiger partial charge in [-0.3, -0.25) is 4.79 Å². The Morgan fingerprint density at radius 1 is 1.53 bits per heavy atom. The number of hydrazine groups is 1. The summed E-state index contributed by atoms with van der Waals surface area (Å²) in [5.74, 6) is 7.08. The molecule has 0 spiro atoms. The average Bonchev–Trinajstić information content (AvgIpc) is 2.81. The maximum absolute atomic E-state index is 11.1. The fraction of sp³-hybridized carbons (Fsp3) is 0.545. The van der Waals surface area contributed by atoms with Gasteiger partial charge in [-0.15, -0.1) is 0 Å². The van der Waals surface area contributed by atoms with Crippen LogP contribution in [0.4, 0.5) is 11.6 Å². The fourth-order valence-corrected chi connectivity index (χ4v) is 1.82. The molecule has 1 atom stereocenters. The van der Waals surface area contributed by atoms with Crippen molar-refractivity contribution in [1.82, 2.24) is 15.3 Å². The van der Waals surface area contributed by atoms with E-state index in [4.69, 9.17) is 10.6 Å². The molecule has 0 aromatic carbocycles. The molecule has 1 fully saturated rings. The minimum absolute atomic E-state index is 0.0352. The van der Waals surface area contributed by atoms with Crippen molar-refractivity contribution in [2.24, 2.45) is 5.84 Å². The lowest BCUT2D eigenvalue weighted by atomic mass is 10.2. The van der Waals surface area contributed by atoms with Gasteiger partial charge in [0, 0.05) is 25.6 Å². The molecule has 1 aliphatic rings. The summed E-state index contributed by atoms with van der Waals surface area (Å²) >= 11 is 0. The number of carbonyl (C=O) groups is 1. The molecule has 8 heteroatoms. The van der Waals surface area contributed by atoms with Crippen molar-refractivity contribution in [2.45, 2.75) is 26.0 Å². The predicted molar refractivity (Wildman–Crippen MR) is 70.2 cm³/mol. The summed E-state index contributed by atoms with van der Waals surface area (Å²) in [6, 6.07) is 1.73. The lowest BCUT2D eigenvalue weighted by Gasteiger charge is -2.13. The van der Waals surface area contributed by atoms with E-state index < -0.39 is 0 Å². The molecule has 2 rings (SSSR count). The minimum Gasteiger partial charge on any atom is -0.374 e. The van der Waals surface area contributed by atoms with Crippen molar-refractivity contribution in [3.8, 4) is 0 Å². The third-order valence-electron chi connectivity index (χ3n) is 2.69. The predicted octanol–water partition coefficient (Wildman–Crippen LogP) is -0.401. The molecule has 1 aliphatic heterocycles. The van der Waals surface area contributed by atoms with Crippen molar-refractivity contribution in [3.63, 3.8) is 0 Å². The molecule has 1 saturated heterocycles. The fourth-order valence-electron chi connectivity index (χ4n) is 1.82. The number of carbonyl (C=O) groups excluding carboxylic acids is 1. The van der Waals surface area contributed by atoms with E-state index in [0.717, 1.165) is 0 Å². The molecule has 104 valence electrons. The van der Waals surface area contributed by atoms with E-state index >= 15 is 0 Å². The van der Waals surface area contributed by atoms with Crippen LogP contribution in [-0.2, 0) is 16.1 Å². The third-order valence-corrected chi connectivity index (χ3v) is 2.69. The zero-order valence-electron chi connectivity index (χ0n) is 10.8. The van der Waals surface area contributed by atoms with Gasteiger partial charge in [0.25, 0.3) is 0 Å². The number of hydrogen-bond donors (Lipinski definition) is 4. The number of nitrogens with one attached hydrogen (secondary N) is 3. The summed E-state index contributed by atoms with van der Waals surface area (Å²) in [5, 5.41) is 5.93. The Bertz CT molecular complexity index is 453. The molecule has 5 N–H and O–H groups in total. The molecule has 1 aromatic heterocycles. The van der Waals surface area contributed by atoms with E-state index in [-0.39, 0.29) is 11.9 Å². The Kier molecular flexibility index (Phi) is 4.48. The van der Waals surface area contributed by atoms with Crippen LogP contribution in [0.5, 0.6) is 0 Å². The first-order chi connectivity index (χ1) is 9.21. The van der Waals surface area contributed by atoms with Gasteiger partial charge in [0.15, 0.2) is 5.82 Å². The van der Waals surface area contributed by atoms with E-state index in [1.54, 1.807) is 6.07 Å². The second kappa shape index (κ2) is 6.30. The van der Waals surface area contributed by atoms with Crippen LogP contribution in [0.25, 0.3) is 0 Å².